The molecule has 1 saturated carbocycles. The van der Waals surface area contributed by atoms with Crippen LogP contribution < -0.4 is 4.72 Å². The maximum atomic E-state index is 11.3. The monoisotopic (exact) mass is 340 g/mol. The van der Waals surface area contributed by atoms with Gasteiger partial charge in [0.25, 0.3) is 0 Å². The maximum Gasteiger partial charge on any atom is 0.214 e. The molecule has 0 atom stereocenters. The predicted molar refractivity (Wildman–Crippen MR) is 85.1 cm³/mol. The fraction of sp³-hybridized carbons (Fsp3) is 1.00. The van der Waals surface area contributed by atoms with Crippen molar-refractivity contribution in [3.05, 3.63) is 0 Å². The molecular weight excluding hydrogens is 312 g/mol. The van der Waals surface area contributed by atoms with E-state index in [0.717, 1.165) is 19.3 Å². The second kappa shape index (κ2) is 6.52. The van der Waals surface area contributed by atoms with Crippen molar-refractivity contribution >= 4 is 20.0 Å². The molecule has 0 aromatic rings. The third-order valence-corrected chi connectivity index (χ3v) is 7.57. The van der Waals surface area contributed by atoms with Crippen LogP contribution in [0.3, 0.4) is 0 Å². The van der Waals surface area contributed by atoms with Crippen molar-refractivity contribution in [2.24, 2.45) is 0 Å². The Kier molecular flexibility index (Phi) is 5.86. The van der Waals surface area contributed by atoms with Crippen LogP contribution in [0.15, 0.2) is 0 Å². The highest BCUT2D eigenvalue weighted by atomic mass is 32.2. The molecule has 6 nitrogen and oxygen atoms in total. The second-order valence-electron chi connectivity index (χ2n) is 6.93. The Morgan fingerprint density at radius 1 is 1.19 bits per heavy atom. The van der Waals surface area contributed by atoms with Gasteiger partial charge in [0.15, 0.2) is 0 Å². The van der Waals surface area contributed by atoms with E-state index in [4.69, 9.17) is 0 Å². The van der Waals surface area contributed by atoms with E-state index >= 15 is 0 Å². The Labute approximate surface area is 129 Å². The highest BCUT2D eigenvalue weighted by Crippen LogP contribution is 2.27. The van der Waals surface area contributed by atoms with Gasteiger partial charge in [-0.25, -0.2) is 21.6 Å². The maximum absolute atomic E-state index is 11.3. The fourth-order valence-electron chi connectivity index (χ4n) is 2.20. The van der Waals surface area contributed by atoms with Crippen LogP contribution in [0.5, 0.6) is 0 Å². The third kappa shape index (κ3) is 5.84. The summed E-state index contributed by atoms with van der Waals surface area (Å²) in [5.41, 5.74) is -0.241. The number of hydrogen-bond donors (Lipinski definition) is 1. The lowest BCUT2D eigenvalue weighted by Crippen LogP contribution is -2.42. The van der Waals surface area contributed by atoms with Crippen LogP contribution in [0.1, 0.15) is 53.9 Å². The van der Waals surface area contributed by atoms with Crippen molar-refractivity contribution in [1.82, 2.24) is 9.03 Å². The van der Waals surface area contributed by atoms with Crippen molar-refractivity contribution < 1.29 is 16.8 Å². The molecule has 21 heavy (non-hydrogen) atoms. The molecule has 0 aromatic heterocycles. The lowest BCUT2D eigenvalue weighted by molar-refractivity contribution is 0.267. The zero-order valence-electron chi connectivity index (χ0n) is 13.6. The highest BCUT2D eigenvalue weighted by Gasteiger charge is 2.36. The van der Waals surface area contributed by atoms with Crippen molar-refractivity contribution in [2.75, 3.05) is 12.3 Å². The van der Waals surface area contributed by atoms with E-state index in [1.165, 1.54) is 0 Å². The lowest BCUT2D eigenvalue weighted by atomic mass is 10.1. The number of rotatable bonds is 3. The molecule has 0 unspecified atom stereocenters. The number of hydrogen-bond acceptors (Lipinski definition) is 4. The number of nitrogens with one attached hydrogen (secondary N) is 1. The first kappa shape index (κ1) is 18.9. The quantitative estimate of drug-likeness (QED) is 0.839. The SMILES string of the molecule is CC(C)(C)N1CCCS1(=O)=O.CC(C)NS(=O)(=O)C1CC1. The van der Waals surface area contributed by atoms with Gasteiger partial charge in [-0.05, 0) is 53.9 Å². The molecule has 2 fully saturated rings. The van der Waals surface area contributed by atoms with Gasteiger partial charge >= 0.3 is 0 Å². The van der Waals surface area contributed by atoms with E-state index in [1.807, 2.05) is 34.6 Å². The topological polar surface area (TPSA) is 83.6 Å². The van der Waals surface area contributed by atoms with E-state index in [1.54, 1.807) is 4.31 Å². The minimum atomic E-state index is -2.94. The standard InChI is InChI=1S/C7H15NO2S.C6H13NO2S/c1-7(2,3)8-5-4-6-11(8,9)10;1-5(2)7-10(8,9)6-3-4-6/h4-6H2,1-3H3;5-7H,3-4H2,1-2H3. The molecule has 1 N–H and O–H groups in total. The summed E-state index contributed by atoms with van der Waals surface area (Å²) < 4.78 is 49.0. The van der Waals surface area contributed by atoms with Crippen molar-refractivity contribution in [2.45, 2.75) is 70.7 Å². The fourth-order valence-corrected chi connectivity index (χ4v) is 5.76. The Bertz CT molecular complexity index is 543. The summed E-state index contributed by atoms with van der Waals surface area (Å²) >= 11 is 0. The number of nitrogens with zero attached hydrogens (tertiary/aromatic N) is 1. The largest absolute Gasteiger partial charge is 0.214 e. The van der Waals surface area contributed by atoms with Crippen LogP contribution in [0, 0.1) is 0 Å². The van der Waals surface area contributed by atoms with E-state index in [0.29, 0.717) is 12.3 Å². The average Bonchev–Trinajstić information content (AvgIpc) is 3.01. The Morgan fingerprint density at radius 2 is 1.71 bits per heavy atom. The zero-order valence-corrected chi connectivity index (χ0v) is 15.2. The molecule has 2 rings (SSSR count). The van der Waals surface area contributed by atoms with E-state index in [9.17, 15) is 16.8 Å². The molecule has 1 aliphatic carbocycles. The molecule has 1 heterocycles. The summed E-state index contributed by atoms with van der Waals surface area (Å²) in [7, 11) is -5.85. The highest BCUT2D eigenvalue weighted by molar-refractivity contribution is 7.90. The summed E-state index contributed by atoms with van der Waals surface area (Å²) in [5.74, 6) is 0.324. The minimum absolute atomic E-state index is 0.0330. The third-order valence-electron chi connectivity index (χ3n) is 3.21. The summed E-state index contributed by atoms with van der Waals surface area (Å²) in [5, 5.41) is -0.0881. The Balaban J connectivity index is 0.000000211. The molecule has 2 aliphatic rings. The molecule has 1 saturated heterocycles. The molecule has 0 bridgehead atoms. The summed E-state index contributed by atoms with van der Waals surface area (Å²) in [6.45, 7) is 10.1. The van der Waals surface area contributed by atoms with Crippen molar-refractivity contribution in [3.63, 3.8) is 0 Å². The van der Waals surface area contributed by atoms with Gasteiger partial charge in [0.2, 0.25) is 20.0 Å². The first-order chi connectivity index (χ1) is 9.36. The van der Waals surface area contributed by atoms with Gasteiger partial charge in [0.05, 0.1) is 11.0 Å². The van der Waals surface area contributed by atoms with Crippen LogP contribution in [-0.4, -0.2) is 50.3 Å². The second-order valence-corrected chi connectivity index (χ2v) is 10.9. The normalized spacial score (nSPS) is 23.0. The van der Waals surface area contributed by atoms with E-state index in [-0.39, 0.29) is 16.8 Å². The van der Waals surface area contributed by atoms with Crippen molar-refractivity contribution in [3.8, 4) is 0 Å². The number of sulfonamides is 2. The minimum Gasteiger partial charge on any atom is -0.212 e. The van der Waals surface area contributed by atoms with Gasteiger partial charge in [-0.2, -0.15) is 4.31 Å². The first-order valence-corrected chi connectivity index (χ1v) is 10.5. The summed E-state index contributed by atoms with van der Waals surface area (Å²) in [6.07, 6.45) is 2.45. The molecule has 0 radical (unpaired) electrons. The summed E-state index contributed by atoms with van der Waals surface area (Å²) in [4.78, 5) is 0. The van der Waals surface area contributed by atoms with E-state index in [2.05, 4.69) is 4.72 Å². The van der Waals surface area contributed by atoms with Gasteiger partial charge < -0.3 is 0 Å². The van der Waals surface area contributed by atoms with Gasteiger partial charge in [-0.15, -0.1) is 0 Å². The lowest BCUT2D eigenvalue weighted by Gasteiger charge is -2.29. The van der Waals surface area contributed by atoms with Gasteiger partial charge in [0, 0.05) is 18.1 Å². The average molecular weight is 341 g/mol. The summed E-state index contributed by atoms with van der Waals surface area (Å²) in [6, 6.07) is 0.0330. The molecule has 0 aromatic carbocycles. The molecule has 8 heteroatoms. The van der Waals surface area contributed by atoms with Crippen LogP contribution in [0.2, 0.25) is 0 Å². The van der Waals surface area contributed by atoms with Crippen molar-refractivity contribution in [1.29, 1.82) is 0 Å². The van der Waals surface area contributed by atoms with Gasteiger partial charge in [0.1, 0.15) is 0 Å². The Morgan fingerprint density at radius 3 is 1.95 bits per heavy atom. The van der Waals surface area contributed by atoms with Gasteiger partial charge in [-0.3, -0.25) is 0 Å². The van der Waals surface area contributed by atoms with Gasteiger partial charge in [-0.1, -0.05) is 0 Å². The Hall–Kier alpha value is -0.180. The molecule has 0 spiro atoms. The van der Waals surface area contributed by atoms with Crippen LogP contribution in [0.25, 0.3) is 0 Å². The van der Waals surface area contributed by atoms with E-state index < -0.39 is 20.0 Å². The molecular formula is C13H28N2O4S2. The smallest absolute Gasteiger partial charge is 0.212 e. The van der Waals surface area contributed by atoms with Crippen LogP contribution in [0.4, 0.5) is 0 Å². The molecule has 126 valence electrons. The zero-order chi connectivity index (χ0) is 16.5. The van der Waals surface area contributed by atoms with Crippen LogP contribution >= 0.6 is 0 Å². The predicted octanol–water partition coefficient (Wildman–Crippen LogP) is 1.30. The molecule has 1 aliphatic heterocycles. The molecule has 0 amide bonds. The van der Waals surface area contributed by atoms with Crippen LogP contribution in [-0.2, 0) is 20.0 Å². The first-order valence-electron chi connectivity index (χ1n) is 7.38.